The van der Waals surface area contributed by atoms with Crippen LogP contribution in [0.15, 0.2) is 48.5 Å². The minimum absolute atomic E-state index is 0.0970. The maximum absolute atomic E-state index is 12.3. The van der Waals surface area contributed by atoms with E-state index in [2.05, 4.69) is 16.0 Å². The van der Waals surface area contributed by atoms with E-state index in [0.717, 1.165) is 6.42 Å². The van der Waals surface area contributed by atoms with Crippen LogP contribution in [0.5, 0.6) is 5.75 Å². The van der Waals surface area contributed by atoms with Gasteiger partial charge < -0.3 is 31.2 Å². The summed E-state index contributed by atoms with van der Waals surface area (Å²) in [7, 11) is 0. The van der Waals surface area contributed by atoms with Gasteiger partial charge in [0.25, 0.3) is 5.69 Å². The zero-order valence-electron chi connectivity index (χ0n) is 20.2. The van der Waals surface area contributed by atoms with E-state index in [1.165, 1.54) is 31.2 Å². The van der Waals surface area contributed by atoms with Crippen molar-refractivity contribution in [1.29, 1.82) is 0 Å². The zero-order chi connectivity index (χ0) is 27.2. The summed E-state index contributed by atoms with van der Waals surface area (Å²) >= 11 is 0. The summed E-state index contributed by atoms with van der Waals surface area (Å²) in [4.78, 5) is 57.9. The highest BCUT2D eigenvalue weighted by molar-refractivity contribution is 5.97. The van der Waals surface area contributed by atoms with Gasteiger partial charge in [0.2, 0.25) is 17.7 Å². The summed E-state index contributed by atoms with van der Waals surface area (Å²) in [5, 5.41) is 18.3. The van der Waals surface area contributed by atoms with Crippen molar-refractivity contribution in [3.63, 3.8) is 0 Å². The first-order valence-corrected chi connectivity index (χ1v) is 11.4. The second-order valence-electron chi connectivity index (χ2n) is 7.89. The van der Waals surface area contributed by atoms with Gasteiger partial charge in [-0.15, -0.1) is 0 Å². The molecule has 37 heavy (non-hydrogen) atoms. The average Bonchev–Trinajstić information content (AvgIpc) is 2.87. The van der Waals surface area contributed by atoms with Gasteiger partial charge in [0.15, 0.2) is 0 Å². The van der Waals surface area contributed by atoms with Crippen molar-refractivity contribution in [1.82, 2.24) is 10.6 Å². The van der Waals surface area contributed by atoms with Crippen molar-refractivity contribution in [3.05, 3.63) is 64.2 Å². The minimum atomic E-state index is -0.984. The van der Waals surface area contributed by atoms with E-state index < -0.39 is 28.9 Å². The number of amides is 3. The van der Waals surface area contributed by atoms with Crippen LogP contribution in [0.3, 0.4) is 0 Å². The third kappa shape index (κ3) is 10.7. The molecular formula is C24H29N5O8. The Kier molecular flexibility index (Phi) is 11.5. The lowest BCUT2D eigenvalue weighted by molar-refractivity contribution is -0.384. The standard InChI is InChI=1S/C24H29N5O8/c1-16(27-22(31)14-26-21(30)4-2-3-13-25)23(32)28-18-7-5-17(6-8-18)15-36-24(33)37-20-11-9-19(10-12-20)29(34)35/h5-12,16H,2-4,13-15,25H2,1H3,(H,26,30)(H,27,31)(H,28,32)/t16-/m0/s1. The molecule has 0 spiro atoms. The number of nitrogens with one attached hydrogen (secondary N) is 3. The predicted molar refractivity (Wildman–Crippen MR) is 133 cm³/mol. The van der Waals surface area contributed by atoms with Gasteiger partial charge in [-0.2, -0.15) is 0 Å². The van der Waals surface area contributed by atoms with Crippen LogP contribution < -0.4 is 26.4 Å². The van der Waals surface area contributed by atoms with E-state index in [9.17, 15) is 29.3 Å². The van der Waals surface area contributed by atoms with Crippen molar-refractivity contribution in [2.75, 3.05) is 18.4 Å². The normalized spacial score (nSPS) is 11.1. The SMILES string of the molecule is C[C@H](NC(=O)CNC(=O)CCCCN)C(=O)Nc1ccc(COC(=O)Oc2ccc([N+](=O)[O-])cc2)cc1. The van der Waals surface area contributed by atoms with E-state index in [1.54, 1.807) is 24.3 Å². The second kappa shape index (κ2) is 14.8. The molecule has 0 heterocycles. The predicted octanol–water partition coefficient (Wildman–Crippen LogP) is 2.00. The molecule has 3 amide bonds. The van der Waals surface area contributed by atoms with Crippen molar-refractivity contribution in [3.8, 4) is 5.75 Å². The lowest BCUT2D eigenvalue weighted by Gasteiger charge is -2.15. The number of carbonyl (C=O) groups is 4. The fourth-order valence-electron chi connectivity index (χ4n) is 2.89. The molecule has 0 fully saturated rings. The van der Waals surface area contributed by atoms with Gasteiger partial charge in [-0.25, -0.2) is 4.79 Å². The zero-order valence-corrected chi connectivity index (χ0v) is 20.2. The third-order valence-electron chi connectivity index (χ3n) is 4.90. The van der Waals surface area contributed by atoms with Crippen LogP contribution in [0.4, 0.5) is 16.2 Å². The number of rotatable bonds is 13. The van der Waals surface area contributed by atoms with Crippen LogP contribution in [-0.4, -0.2) is 47.9 Å². The number of nitrogens with two attached hydrogens (primary N) is 1. The van der Waals surface area contributed by atoms with E-state index >= 15 is 0 Å². The highest BCUT2D eigenvalue weighted by Crippen LogP contribution is 2.18. The molecule has 13 nitrogen and oxygen atoms in total. The Hall–Kier alpha value is -4.52. The number of nitrogens with zero attached hydrogens (tertiary/aromatic N) is 1. The summed E-state index contributed by atoms with van der Waals surface area (Å²) in [5.74, 6) is -1.12. The molecule has 0 saturated carbocycles. The van der Waals surface area contributed by atoms with Gasteiger partial charge in [-0.1, -0.05) is 12.1 Å². The van der Waals surface area contributed by atoms with Gasteiger partial charge in [-0.3, -0.25) is 24.5 Å². The van der Waals surface area contributed by atoms with Crippen molar-refractivity contribution in [2.45, 2.75) is 38.8 Å². The Morgan fingerprint density at radius 3 is 2.30 bits per heavy atom. The lowest BCUT2D eigenvalue weighted by atomic mass is 10.2. The number of unbranched alkanes of at least 4 members (excludes halogenated alkanes) is 1. The molecule has 0 bridgehead atoms. The maximum Gasteiger partial charge on any atom is 0.514 e. The fourth-order valence-corrected chi connectivity index (χ4v) is 2.89. The van der Waals surface area contributed by atoms with E-state index in [4.69, 9.17) is 15.2 Å². The van der Waals surface area contributed by atoms with Crippen LogP contribution in [0.1, 0.15) is 31.7 Å². The molecule has 2 aromatic rings. The van der Waals surface area contributed by atoms with Gasteiger partial charge in [0, 0.05) is 24.2 Å². The molecule has 0 aromatic heterocycles. The molecule has 2 aromatic carbocycles. The van der Waals surface area contributed by atoms with Crippen molar-refractivity contribution >= 4 is 35.3 Å². The number of benzene rings is 2. The lowest BCUT2D eigenvalue weighted by Crippen LogP contribution is -2.45. The molecule has 198 valence electrons. The Balaban J connectivity index is 1.72. The molecular weight excluding hydrogens is 486 g/mol. The first kappa shape index (κ1) is 28.7. The number of ether oxygens (including phenoxy) is 2. The van der Waals surface area contributed by atoms with Gasteiger partial charge in [-0.05, 0) is 56.1 Å². The number of carbonyl (C=O) groups excluding carboxylic acids is 4. The maximum atomic E-state index is 12.3. The Bertz CT molecular complexity index is 1090. The van der Waals surface area contributed by atoms with Crippen LogP contribution >= 0.6 is 0 Å². The molecule has 0 unspecified atom stereocenters. The van der Waals surface area contributed by atoms with Crippen molar-refractivity contribution < 1.29 is 33.6 Å². The number of nitro groups is 1. The quantitative estimate of drug-likeness (QED) is 0.101. The first-order chi connectivity index (χ1) is 17.7. The van der Waals surface area contributed by atoms with Crippen molar-refractivity contribution in [2.24, 2.45) is 5.73 Å². The second-order valence-corrected chi connectivity index (χ2v) is 7.89. The molecule has 13 heteroatoms. The number of hydrogen-bond donors (Lipinski definition) is 4. The van der Waals surface area contributed by atoms with Crippen LogP contribution in [-0.2, 0) is 25.7 Å². The van der Waals surface area contributed by atoms with Crippen LogP contribution in [0.25, 0.3) is 0 Å². The topological polar surface area (TPSA) is 192 Å². The minimum Gasteiger partial charge on any atom is -0.429 e. The molecule has 0 saturated heterocycles. The van der Waals surface area contributed by atoms with E-state index in [-0.39, 0.29) is 36.9 Å². The third-order valence-corrected chi connectivity index (χ3v) is 4.90. The first-order valence-electron chi connectivity index (χ1n) is 11.4. The van der Waals surface area contributed by atoms with E-state index in [1.807, 2.05) is 0 Å². The van der Waals surface area contributed by atoms with Gasteiger partial charge in [0.05, 0.1) is 11.5 Å². The average molecular weight is 516 g/mol. The molecule has 5 N–H and O–H groups in total. The highest BCUT2D eigenvalue weighted by atomic mass is 16.7. The fraction of sp³-hybridized carbons (Fsp3) is 0.333. The smallest absolute Gasteiger partial charge is 0.429 e. The Labute approximate surface area is 212 Å². The van der Waals surface area contributed by atoms with E-state index in [0.29, 0.717) is 24.2 Å². The molecule has 0 aliphatic rings. The summed E-state index contributed by atoms with van der Waals surface area (Å²) in [6.07, 6.45) is 0.659. The highest BCUT2D eigenvalue weighted by Gasteiger charge is 2.16. The summed E-state index contributed by atoms with van der Waals surface area (Å²) in [6.45, 7) is 1.66. The molecule has 2 rings (SSSR count). The molecule has 0 aliphatic heterocycles. The van der Waals surface area contributed by atoms with Crippen LogP contribution in [0, 0.1) is 10.1 Å². The molecule has 0 aliphatic carbocycles. The monoisotopic (exact) mass is 515 g/mol. The number of non-ortho nitro benzene ring substituents is 1. The van der Waals surface area contributed by atoms with Gasteiger partial charge >= 0.3 is 6.16 Å². The largest absolute Gasteiger partial charge is 0.514 e. The summed E-state index contributed by atoms with van der Waals surface area (Å²) < 4.78 is 9.97. The number of anilines is 1. The molecule has 0 radical (unpaired) electrons. The summed E-state index contributed by atoms with van der Waals surface area (Å²) in [5.41, 5.74) is 6.30. The Morgan fingerprint density at radius 1 is 1.00 bits per heavy atom. The summed E-state index contributed by atoms with van der Waals surface area (Å²) in [6, 6.07) is 10.5. The molecule has 1 atom stereocenters. The van der Waals surface area contributed by atoms with Gasteiger partial charge in [0.1, 0.15) is 18.4 Å². The Morgan fingerprint density at radius 2 is 1.68 bits per heavy atom. The van der Waals surface area contributed by atoms with Crippen LogP contribution in [0.2, 0.25) is 0 Å². The number of nitro benzene ring substituents is 1. The number of hydrogen-bond acceptors (Lipinski definition) is 9.